The summed E-state index contributed by atoms with van der Waals surface area (Å²) in [5.41, 5.74) is 0.181. The van der Waals surface area contributed by atoms with Crippen LogP contribution in [0, 0.1) is 0 Å². The molecule has 1 rings (SSSR count). The van der Waals surface area contributed by atoms with Crippen LogP contribution < -0.4 is 5.32 Å². The average Bonchev–Trinajstić information content (AvgIpc) is 2.11. The maximum absolute atomic E-state index is 11.8. The molecule has 0 fully saturated rings. The molecule has 0 aliphatic carbocycles. The molecule has 0 unspecified atom stereocenters. The van der Waals surface area contributed by atoms with Crippen LogP contribution in [0.5, 0.6) is 0 Å². The fourth-order valence-electron chi connectivity index (χ4n) is 0.704. The van der Waals surface area contributed by atoms with Gasteiger partial charge >= 0.3 is 0 Å². The number of alkyl halides is 1. The van der Waals surface area contributed by atoms with Gasteiger partial charge in [-0.15, -0.1) is 0 Å². The zero-order valence-electron chi connectivity index (χ0n) is 6.35. The zero-order valence-corrected chi connectivity index (χ0v) is 7.86. The van der Waals surface area contributed by atoms with Gasteiger partial charge in [-0.1, -0.05) is 23.2 Å². The Labute approximate surface area is 83.9 Å². The highest BCUT2D eigenvalue weighted by Crippen LogP contribution is 2.28. The minimum atomic E-state index is -1.12. The van der Waals surface area contributed by atoms with Gasteiger partial charge in [-0.3, -0.25) is 9.78 Å². The Morgan fingerprint density at radius 2 is 2.00 bits per heavy atom. The first-order chi connectivity index (χ1) is 6.15. The summed E-state index contributed by atoms with van der Waals surface area (Å²) in [6.45, 7) is -1.12. The first-order valence-electron chi connectivity index (χ1n) is 3.30. The first kappa shape index (κ1) is 10.2. The third-order valence-corrected chi connectivity index (χ3v) is 1.81. The number of aromatic nitrogens is 1. The number of amides is 1. The van der Waals surface area contributed by atoms with Crippen LogP contribution in [0.4, 0.5) is 10.1 Å². The number of hydrogen-bond acceptors (Lipinski definition) is 2. The smallest absolute Gasteiger partial charge is 0.255 e. The van der Waals surface area contributed by atoms with Crippen LogP contribution in [-0.4, -0.2) is 17.6 Å². The SMILES string of the molecule is O=C(CF)Nc1c(Cl)cncc1Cl. The number of nitrogens with one attached hydrogen (secondary N) is 1. The molecular formula is C7H5Cl2FN2O. The lowest BCUT2D eigenvalue weighted by Gasteiger charge is -2.05. The van der Waals surface area contributed by atoms with Gasteiger partial charge in [0.15, 0.2) is 6.67 Å². The second-order valence-electron chi connectivity index (χ2n) is 2.16. The molecule has 0 radical (unpaired) electrons. The van der Waals surface area contributed by atoms with Gasteiger partial charge in [-0.2, -0.15) is 0 Å². The van der Waals surface area contributed by atoms with Gasteiger partial charge in [-0.25, -0.2) is 4.39 Å². The van der Waals surface area contributed by atoms with Crippen molar-refractivity contribution >= 4 is 34.8 Å². The molecule has 0 aromatic carbocycles. The maximum atomic E-state index is 11.8. The zero-order chi connectivity index (χ0) is 9.84. The summed E-state index contributed by atoms with van der Waals surface area (Å²) < 4.78 is 11.8. The number of pyridine rings is 1. The Hall–Kier alpha value is -0.870. The number of anilines is 1. The predicted octanol–water partition coefficient (Wildman–Crippen LogP) is 2.30. The highest BCUT2D eigenvalue weighted by molar-refractivity contribution is 6.39. The van der Waals surface area contributed by atoms with Crippen molar-refractivity contribution < 1.29 is 9.18 Å². The molecule has 0 saturated carbocycles. The van der Waals surface area contributed by atoms with Crippen molar-refractivity contribution in [2.75, 3.05) is 12.0 Å². The van der Waals surface area contributed by atoms with Gasteiger partial charge in [0, 0.05) is 12.4 Å². The van der Waals surface area contributed by atoms with E-state index in [2.05, 4.69) is 10.3 Å². The molecule has 6 heteroatoms. The van der Waals surface area contributed by atoms with Crippen molar-refractivity contribution in [3.8, 4) is 0 Å². The van der Waals surface area contributed by atoms with Crippen LogP contribution in [0.25, 0.3) is 0 Å². The lowest BCUT2D eigenvalue weighted by atomic mass is 10.4. The topological polar surface area (TPSA) is 42.0 Å². The fraction of sp³-hybridized carbons (Fsp3) is 0.143. The van der Waals surface area contributed by atoms with Gasteiger partial charge in [-0.05, 0) is 0 Å². The Morgan fingerprint density at radius 1 is 1.46 bits per heavy atom. The van der Waals surface area contributed by atoms with Crippen LogP contribution in [0.3, 0.4) is 0 Å². The van der Waals surface area contributed by atoms with Crippen molar-refractivity contribution in [3.63, 3.8) is 0 Å². The lowest BCUT2D eigenvalue weighted by molar-refractivity contribution is -0.117. The largest absolute Gasteiger partial charge is 0.321 e. The van der Waals surface area contributed by atoms with Crippen LogP contribution in [0.2, 0.25) is 10.0 Å². The van der Waals surface area contributed by atoms with E-state index in [1.54, 1.807) is 0 Å². The van der Waals surface area contributed by atoms with Crippen molar-refractivity contribution in [1.82, 2.24) is 4.98 Å². The van der Waals surface area contributed by atoms with Crippen LogP contribution >= 0.6 is 23.2 Å². The summed E-state index contributed by atoms with van der Waals surface area (Å²) in [5.74, 6) is -0.796. The first-order valence-corrected chi connectivity index (χ1v) is 4.05. The highest BCUT2D eigenvalue weighted by Gasteiger charge is 2.09. The van der Waals surface area contributed by atoms with E-state index in [0.29, 0.717) is 0 Å². The molecular weight excluding hydrogens is 218 g/mol. The van der Waals surface area contributed by atoms with Gasteiger partial charge in [0.25, 0.3) is 5.91 Å². The molecule has 0 aliphatic heterocycles. The van der Waals surface area contributed by atoms with E-state index in [1.165, 1.54) is 12.4 Å². The highest BCUT2D eigenvalue weighted by atomic mass is 35.5. The van der Waals surface area contributed by atoms with E-state index >= 15 is 0 Å². The Bertz CT molecular complexity index is 312. The van der Waals surface area contributed by atoms with E-state index in [4.69, 9.17) is 23.2 Å². The van der Waals surface area contributed by atoms with Crippen LogP contribution in [0.1, 0.15) is 0 Å². The molecule has 1 N–H and O–H groups in total. The number of carbonyl (C=O) groups is 1. The monoisotopic (exact) mass is 222 g/mol. The van der Waals surface area contributed by atoms with E-state index in [0.717, 1.165) is 0 Å². The molecule has 3 nitrogen and oxygen atoms in total. The van der Waals surface area contributed by atoms with Crippen LogP contribution in [0.15, 0.2) is 12.4 Å². The molecule has 0 aliphatic rings. The van der Waals surface area contributed by atoms with Gasteiger partial charge in [0.2, 0.25) is 0 Å². The number of hydrogen-bond donors (Lipinski definition) is 1. The van der Waals surface area contributed by atoms with Crippen molar-refractivity contribution in [2.24, 2.45) is 0 Å². The Kier molecular flexibility index (Phi) is 3.45. The molecule has 1 aromatic rings. The van der Waals surface area contributed by atoms with E-state index in [1.807, 2.05) is 0 Å². The standard InChI is InChI=1S/C7H5Cl2FN2O/c8-4-2-11-3-5(9)7(4)12-6(13)1-10/h2-3H,1H2,(H,11,12,13). The summed E-state index contributed by atoms with van der Waals surface area (Å²) in [7, 11) is 0. The summed E-state index contributed by atoms with van der Waals surface area (Å²) in [6, 6.07) is 0. The average molecular weight is 223 g/mol. The number of halogens is 3. The third kappa shape index (κ3) is 2.54. The molecule has 0 spiro atoms. The molecule has 0 saturated heterocycles. The second-order valence-corrected chi connectivity index (χ2v) is 2.97. The molecule has 13 heavy (non-hydrogen) atoms. The quantitative estimate of drug-likeness (QED) is 0.835. The molecule has 1 amide bonds. The van der Waals surface area contributed by atoms with Crippen molar-refractivity contribution in [1.29, 1.82) is 0 Å². The van der Waals surface area contributed by atoms with E-state index < -0.39 is 12.6 Å². The molecule has 0 bridgehead atoms. The minimum Gasteiger partial charge on any atom is -0.321 e. The van der Waals surface area contributed by atoms with Crippen molar-refractivity contribution in [3.05, 3.63) is 22.4 Å². The molecule has 70 valence electrons. The fourth-order valence-corrected chi connectivity index (χ4v) is 1.16. The van der Waals surface area contributed by atoms with Gasteiger partial charge in [0.1, 0.15) is 0 Å². The summed E-state index contributed by atoms with van der Waals surface area (Å²) >= 11 is 11.3. The number of rotatable bonds is 2. The molecule has 1 heterocycles. The van der Waals surface area contributed by atoms with Crippen LogP contribution in [-0.2, 0) is 4.79 Å². The summed E-state index contributed by atoms with van der Waals surface area (Å²) in [4.78, 5) is 14.3. The van der Waals surface area contributed by atoms with Gasteiger partial charge in [0.05, 0.1) is 15.7 Å². The Balaban J connectivity index is 2.93. The maximum Gasteiger partial charge on any atom is 0.255 e. The number of carbonyl (C=O) groups excluding carboxylic acids is 1. The number of nitrogens with zero attached hydrogens (tertiary/aromatic N) is 1. The molecule has 1 aromatic heterocycles. The van der Waals surface area contributed by atoms with Crippen molar-refractivity contribution in [2.45, 2.75) is 0 Å². The summed E-state index contributed by atoms with van der Waals surface area (Å²) in [6.07, 6.45) is 2.61. The lowest BCUT2D eigenvalue weighted by Crippen LogP contribution is -2.13. The van der Waals surface area contributed by atoms with E-state index in [9.17, 15) is 9.18 Å². The third-order valence-electron chi connectivity index (χ3n) is 1.24. The van der Waals surface area contributed by atoms with E-state index in [-0.39, 0.29) is 15.7 Å². The normalized spacial score (nSPS) is 9.77. The minimum absolute atomic E-state index is 0.175. The van der Waals surface area contributed by atoms with Gasteiger partial charge < -0.3 is 5.32 Å². The Morgan fingerprint density at radius 3 is 2.46 bits per heavy atom. The molecule has 0 atom stereocenters. The second kappa shape index (κ2) is 4.39. The predicted molar refractivity (Wildman–Crippen MR) is 48.9 cm³/mol. The summed E-state index contributed by atoms with van der Waals surface area (Å²) in [5, 5.41) is 2.56.